The van der Waals surface area contributed by atoms with Gasteiger partial charge in [-0.15, -0.1) is 0 Å². The Morgan fingerprint density at radius 3 is 2.02 bits per heavy atom. The molecule has 0 aliphatic carbocycles. The van der Waals surface area contributed by atoms with Gasteiger partial charge in [-0.25, -0.2) is 38.6 Å². The second-order valence-electron chi connectivity index (χ2n) is 15.7. The molecule has 2 saturated heterocycles. The lowest BCUT2D eigenvalue weighted by Gasteiger charge is -2.52. The summed E-state index contributed by atoms with van der Waals surface area (Å²) in [5, 5.41) is 17.3. The molecule has 0 spiro atoms. The molecule has 3 N–H and O–H groups in total. The lowest BCUT2D eigenvalue weighted by molar-refractivity contribution is -0.0165. The van der Waals surface area contributed by atoms with Crippen LogP contribution >= 0.6 is 0 Å². The maximum absolute atomic E-state index is 16.5. The number of benzene rings is 2. The molecule has 64 heavy (non-hydrogen) atoms. The number of halogens is 2. The Kier molecular flexibility index (Phi) is 10.9. The van der Waals surface area contributed by atoms with Gasteiger partial charge in [0.25, 0.3) is 5.91 Å². The molecule has 1 unspecified atom stereocenters. The van der Waals surface area contributed by atoms with Crippen LogP contribution in [0.5, 0.6) is 11.5 Å². The van der Waals surface area contributed by atoms with Crippen molar-refractivity contribution in [3.8, 4) is 22.9 Å². The third-order valence-corrected chi connectivity index (χ3v) is 12.0. The topological polar surface area (TPSA) is 148 Å². The number of aliphatic hydroxyl groups excluding tert-OH is 1. The fraction of sp³-hybridized carbons (Fsp3) is 0.283. The summed E-state index contributed by atoms with van der Waals surface area (Å²) in [5.41, 5.74) is 5.79. The molecule has 3 aliphatic heterocycles. The van der Waals surface area contributed by atoms with Crippen LogP contribution in [-0.2, 0) is 0 Å². The summed E-state index contributed by atoms with van der Waals surface area (Å²) < 4.78 is 47.0. The number of anilines is 5. The number of nitrogens with zero attached hydrogens (tertiary/aromatic N) is 11. The molecule has 8 heterocycles. The van der Waals surface area contributed by atoms with E-state index in [1.54, 1.807) is 42.1 Å². The second kappa shape index (κ2) is 17.1. The number of methoxy groups -OCH3 is 2. The van der Waals surface area contributed by atoms with Gasteiger partial charge in [-0.3, -0.25) is 8.80 Å². The van der Waals surface area contributed by atoms with Gasteiger partial charge in [0.15, 0.2) is 11.6 Å². The number of aromatic nitrogens is 6. The van der Waals surface area contributed by atoms with E-state index in [9.17, 15) is 5.11 Å². The van der Waals surface area contributed by atoms with Crippen molar-refractivity contribution in [3.05, 3.63) is 127 Å². The minimum absolute atomic E-state index is 0.0860. The molecule has 10 rings (SSSR count). The molecule has 0 bridgehead atoms. The van der Waals surface area contributed by atoms with Crippen LogP contribution in [0, 0.1) is 5.82 Å². The predicted octanol–water partition coefficient (Wildman–Crippen LogP) is 6.39. The van der Waals surface area contributed by atoms with Gasteiger partial charge in [-0.05, 0) is 61.4 Å². The highest BCUT2D eigenvalue weighted by Gasteiger charge is 2.47. The summed E-state index contributed by atoms with van der Waals surface area (Å²) in [7, 11) is 3.23. The van der Waals surface area contributed by atoms with Crippen LogP contribution in [0.3, 0.4) is 0 Å². The number of piperazine rings is 1. The van der Waals surface area contributed by atoms with Crippen LogP contribution in [0.15, 0.2) is 121 Å². The predicted molar refractivity (Wildman–Crippen MR) is 242 cm³/mol. The normalized spacial score (nSPS) is 18.1. The standard InChI is InChI=1S/C46H47F2N13O3/c1-63-39-25-32(11-13-35(39)52-45-51-27-33(47)43(53-45)37-28-49-41-9-3-5-17-60(37)41)57-19-21-58(22-20-57)46(54-36-14-12-31(26-40(36)64-2)56-15-7-8-16-56)55-44(34(48)30-59(46)23-24-62)38-29-50-42-10-4-6-18-61(38)42/h3-6,9-14,17-18,25-30,54,62H,7-8,15-16,19-24H2,1-2H3,(H,51,52,53). The molecule has 0 saturated carbocycles. The molecule has 5 aromatic heterocycles. The first-order valence-electron chi connectivity index (χ1n) is 21.2. The van der Waals surface area contributed by atoms with E-state index in [1.165, 1.54) is 6.20 Å². The number of ether oxygens (including phenoxy) is 2. The Bertz CT molecular complexity index is 2890. The van der Waals surface area contributed by atoms with E-state index in [-0.39, 0.29) is 30.5 Å². The SMILES string of the molecule is COc1cc(N2CCN(C3(Nc4ccc(N5CCCC5)cc4OC)N=C(c4cnc5ccccn45)C(F)=CN3CCO)CC2)ccc1Nc1ncc(F)c(-c2cnc3ccccn23)n1. The summed E-state index contributed by atoms with van der Waals surface area (Å²) in [5.74, 6) is -1.18. The highest BCUT2D eigenvalue weighted by atomic mass is 19.1. The second-order valence-corrected chi connectivity index (χ2v) is 15.7. The first kappa shape index (κ1) is 40.7. The van der Waals surface area contributed by atoms with E-state index in [0.29, 0.717) is 71.7 Å². The Balaban J connectivity index is 0.953. The number of aliphatic hydroxyl groups is 1. The first-order chi connectivity index (χ1) is 31.3. The average Bonchev–Trinajstić information content (AvgIpc) is 4.12. The van der Waals surface area contributed by atoms with Gasteiger partial charge in [-0.2, -0.15) is 0 Å². The molecule has 3 aliphatic rings. The Morgan fingerprint density at radius 2 is 1.34 bits per heavy atom. The summed E-state index contributed by atoms with van der Waals surface area (Å²) in [6.45, 7) is 3.89. The first-order valence-corrected chi connectivity index (χ1v) is 21.2. The van der Waals surface area contributed by atoms with Gasteiger partial charge in [-0.1, -0.05) is 12.1 Å². The number of imidazole rings is 2. The molecular weight excluding hydrogens is 821 g/mol. The highest BCUT2D eigenvalue weighted by Crippen LogP contribution is 2.40. The number of pyridine rings is 2. The lowest BCUT2D eigenvalue weighted by Crippen LogP contribution is -2.68. The fourth-order valence-electron chi connectivity index (χ4n) is 8.84. The number of hydrogen-bond acceptors (Lipinski definition) is 14. The molecule has 0 amide bonds. The monoisotopic (exact) mass is 867 g/mol. The van der Waals surface area contributed by atoms with Crippen LogP contribution in [0.4, 0.5) is 37.5 Å². The molecular formula is C46H47F2N13O3. The number of nitrogens with one attached hydrogen (secondary N) is 2. The Hall–Kier alpha value is -7.31. The van der Waals surface area contributed by atoms with Gasteiger partial charge in [0.1, 0.15) is 34.2 Å². The zero-order valence-electron chi connectivity index (χ0n) is 35.4. The van der Waals surface area contributed by atoms with Crippen molar-refractivity contribution in [2.75, 3.05) is 87.1 Å². The number of hydrogen-bond donors (Lipinski definition) is 3. The van der Waals surface area contributed by atoms with E-state index in [1.807, 2.05) is 77.3 Å². The van der Waals surface area contributed by atoms with Gasteiger partial charge in [0.05, 0.1) is 62.2 Å². The number of β-amino-alcohol motifs (C(OH)–C–C–N with tert-alkyl or cyclic N) is 1. The van der Waals surface area contributed by atoms with E-state index < -0.39 is 17.6 Å². The van der Waals surface area contributed by atoms with E-state index in [2.05, 4.69) is 51.3 Å². The summed E-state index contributed by atoms with van der Waals surface area (Å²) in [6.07, 6.45) is 11.7. The van der Waals surface area contributed by atoms with Crippen molar-refractivity contribution >= 4 is 45.7 Å². The average molecular weight is 868 g/mol. The highest BCUT2D eigenvalue weighted by molar-refractivity contribution is 6.11. The maximum Gasteiger partial charge on any atom is 0.272 e. The Labute approximate surface area is 367 Å². The fourth-order valence-corrected chi connectivity index (χ4v) is 8.84. The zero-order chi connectivity index (χ0) is 43.8. The van der Waals surface area contributed by atoms with Crippen molar-refractivity contribution in [1.29, 1.82) is 0 Å². The number of aliphatic imine (C=N–C) groups is 1. The number of rotatable bonds is 13. The molecule has 1 atom stereocenters. The number of allylic oxidation sites excluding steroid dienone is 1. The van der Waals surface area contributed by atoms with Crippen molar-refractivity contribution < 1.29 is 23.4 Å². The summed E-state index contributed by atoms with van der Waals surface area (Å²) >= 11 is 0. The maximum atomic E-state index is 16.5. The lowest BCUT2D eigenvalue weighted by atomic mass is 10.1. The summed E-state index contributed by atoms with van der Waals surface area (Å²) in [6, 6.07) is 23.0. The molecule has 7 aromatic rings. The van der Waals surface area contributed by atoms with Crippen LogP contribution in [0.2, 0.25) is 0 Å². The quantitative estimate of drug-likeness (QED) is 0.118. The van der Waals surface area contributed by atoms with Crippen LogP contribution in [0.25, 0.3) is 22.7 Å². The van der Waals surface area contributed by atoms with Crippen molar-refractivity contribution in [2.24, 2.45) is 4.99 Å². The van der Waals surface area contributed by atoms with Gasteiger partial charge < -0.3 is 39.9 Å². The smallest absolute Gasteiger partial charge is 0.272 e. The van der Waals surface area contributed by atoms with Crippen LogP contribution in [0.1, 0.15) is 18.5 Å². The Morgan fingerprint density at radius 1 is 0.719 bits per heavy atom. The number of fused-ring (bicyclic) bond motifs is 2. The van der Waals surface area contributed by atoms with E-state index in [4.69, 9.17) is 14.5 Å². The summed E-state index contributed by atoms with van der Waals surface area (Å²) in [4.78, 5) is 31.4. The third-order valence-electron chi connectivity index (χ3n) is 12.0. The molecule has 2 aromatic carbocycles. The van der Waals surface area contributed by atoms with Gasteiger partial charge in [0.2, 0.25) is 5.95 Å². The molecule has 328 valence electrons. The third kappa shape index (κ3) is 7.43. The van der Waals surface area contributed by atoms with Crippen molar-refractivity contribution in [2.45, 2.75) is 18.8 Å². The van der Waals surface area contributed by atoms with Gasteiger partial charge >= 0.3 is 0 Å². The van der Waals surface area contributed by atoms with Crippen molar-refractivity contribution in [3.63, 3.8) is 0 Å². The molecule has 16 nitrogen and oxygen atoms in total. The van der Waals surface area contributed by atoms with Crippen LogP contribution < -0.4 is 29.9 Å². The molecule has 0 radical (unpaired) electrons. The van der Waals surface area contributed by atoms with Crippen molar-refractivity contribution in [1.82, 2.24) is 38.5 Å². The largest absolute Gasteiger partial charge is 0.495 e. The minimum Gasteiger partial charge on any atom is -0.495 e. The van der Waals surface area contributed by atoms with Gasteiger partial charge in [0, 0.05) is 87.9 Å². The zero-order valence-corrected chi connectivity index (χ0v) is 35.4. The van der Waals surface area contributed by atoms with E-state index >= 15 is 8.78 Å². The minimum atomic E-state index is -1.40. The molecule has 2 fully saturated rings. The molecule has 18 heteroatoms. The van der Waals surface area contributed by atoms with Crippen LogP contribution in [-0.4, -0.2) is 122 Å². The van der Waals surface area contributed by atoms with E-state index in [0.717, 1.165) is 43.5 Å².